The number of carboxylic acid groups (broad SMARTS) is 2. The van der Waals surface area contributed by atoms with Gasteiger partial charge in [0.1, 0.15) is 17.5 Å². The van der Waals surface area contributed by atoms with E-state index in [2.05, 4.69) is 31.0 Å². The second kappa shape index (κ2) is 10.3. The number of nitrogens with two attached hydrogens (primary N) is 2. The van der Waals surface area contributed by atoms with E-state index in [-0.39, 0.29) is 39.2 Å². The van der Waals surface area contributed by atoms with Crippen molar-refractivity contribution in [1.29, 1.82) is 5.26 Å². The van der Waals surface area contributed by atoms with Crippen LogP contribution in [0, 0.1) is 18.3 Å². The third-order valence-electron chi connectivity index (χ3n) is 6.18. The summed E-state index contributed by atoms with van der Waals surface area (Å²) < 4.78 is 4.51. The number of aromatic nitrogens is 5. The van der Waals surface area contributed by atoms with Crippen LogP contribution in [0.5, 0.6) is 0 Å². The van der Waals surface area contributed by atoms with Crippen LogP contribution in [-0.4, -0.2) is 46.1 Å². The number of fused-ring (bicyclic) bond motifs is 1. The van der Waals surface area contributed by atoms with Gasteiger partial charge in [-0.3, -0.25) is 9.36 Å². The van der Waals surface area contributed by atoms with Crippen molar-refractivity contribution in [2.24, 2.45) is 7.05 Å². The maximum atomic E-state index is 12.3. The zero-order valence-corrected chi connectivity index (χ0v) is 22.5. The van der Waals surface area contributed by atoms with E-state index in [1.165, 1.54) is 18.3 Å². The molecule has 13 nitrogen and oxygen atoms in total. The molecular weight excluding hydrogens is 504 g/mol. The van der Waals surface area contributed by atoms with E-state index in [9.17, 15) is 14.4 Å². The molecule has 0 aliphatic carbocycles. The van der Waals surface area contributed by atoms with Gasteiger partial charge >= 0.3 is 11.9 Å². The van der Waals surface area contributed by atoms with E-state index in [0.717, 1.165) is 27.7 Å². The van der Waals surface area contributed by atoms with Gasteiger partial charge in [0.15, 0.2) is 5.65 Å². The van der Waals surface area contributed by atoms with Crippen molar-refractivity contribution in [3.8, 4) is 11.8 Å². The van der Waals surface area contributed by atoms with Gasteiger partial charge in [0.25, 0.3) is 5.56 Å². The molecule has 3 heterocycles. The molecule has 6 N–H and O–H groups in total. The molecule has 204 valence electrons. The Balaban J connectivity index is 0.000000216. The standard InChI is InChI=1S/C14H22N4O.C12H8N4O4/c1-7-9-8(2)18-12(17(6)13(9)19)10(15)11(16-18)14(3,4)5;13-4-8-5-15-16(10(8)14)9-2-6(11(17)18)1-7(3-9)12(19)20/h7,15H2,1-6H3;1-3,5H,14H2,(H,17,18)(H,19,20). The number of hydrogen-bond acceptors (Lipinski definition) is 8. The van der Waals surface area contributed by atoms with E-state index in [1.807, 2.05) is 19.9 Å². The van der Waals surface area contributed by atoms with Crippen molar-refractivity contribution in [2.75, 3.05) is 11.5 Å². The molecule has 39 heavy (non-hydrogen) atoms. The molecule has 0 saturated carbocycles. The van der Waals surface area contributed by atoms with Crippen LogP contribution in [-0.2, 0) is 18.9 Å². The number of nitrogen functional groups attached to an aromatic ring is 2. The van der Waals surface area contributed by atoms with Crippen LogP contribution in [0.3, 0.4) is 0 Å². The van der Waals surface area contributed by atoms with E-state index in [1.54, 1.807) is 16.1 Å². The maximum absolute atomic E-state index is 12.3. The smallest absolute Gasteiger partial charge is 0.335 e. The predicted octanol–water partition coefficient (Wildman–Crippen LogP) is 2.51. The first-order valence-corrected chi connectivity index (χ1v) is 11.9. The molecule has 1 aromatic carbocycles. The number of rotatable bonds is 4. The predicted molar refractivity (Wildman–Crippen MR) is 144 cm³/mol. The van der Waals surface area contributed by atoms with Crippen LogP contribution in [0.4, 0.5) is 11.5 Å². The van der Waals surface area contributed by atoms with Crippen molar-refractivity contribution in [3.05, 3.63) is 68.4 Å². The molecule has 3 aromatic heterocycles. The average molecular weight is 535 g/mol. The Labute approximate surface area is 223 Å². The summed E-state index contributed by atoms with van der Waals surface area (Å²) in [5.41, 5.74) is 15.4. The lowest BCUT2D eigenvalue weighted by Crippen LogP contribution is -2.25. The number of carbonyl (C=O) groups is 2. The largest absolute Gasteiger partial charge is 0.478 e. The Morgan fingerprint density at radius 2 is 1.67 bits per heavy atom. The number of carboxylic acids is 2. The van der Waals surface area contributed by atoms with Crippen LogP contribution in [0.25, 0.3) is 11.3 Å². The fraction of sp³-hybridized carbons (Fsp3) is 0.308. The second-order valence-electron chi connectivity index (χ2n) is 9.88. The Hall–Kier alpha value is -5.12. The van der Waals surface area contributed by atoms with Crippen molar-refractivity contribution in [1.82, 2.24) is 24.0 Å². The Morgan fingerprint density at radius 1 is 1.10 bits per heavy atom. The molecule has 13 heteroatoms. The van der Waals surface area contributed by atoms with Gasteiger partial charge in [-0.25, -0.2) is 18.8 Å². The molecule has 0 bridgehead atoms. The van der Waals surface area contributed by atoms with Crippen LogP contribution in [0.15, 0.2) is 29.2 Å². The fourth-order valence-electron chi connectivity index (χ4n) is 4.15. The monoisotopic (exact) mass is 534 g/mol. The molecule has 0 saturated heterocycles. The summed E-state index contributed by atoms with van der Waals surface area (Å²) >= 11 is 0. The van der Waals surface area contributed by atoms with Gasteiger partial charge in [-0.15, -0.1) is 0 Å². The van der Waals surface area contributed by atoms with E-state index in [0.29, 0.717) is 17.8 Å². The minimum atomic E-state index is -1.28. The molecule has 0 atom stereocenters. The van der Waals surface area contributed by atoms with E-state index < -0.39 is 11.9 Å². The van der Waals surface area contributed by atoms with Gasteiger partial charge in [0.05, 0.1) is 40.1 Å². The fourth-order valence-corrected chi connectivity index (χ4v) is 4.15. The lowest BCUT2D eigenvalue weighted by Gasteiger charge is -2.15. The molecule has 0 amide bonds. The molecule has 0 radical (unpaired) electrons. The first-order valence-electron chi connectivity index (χ1n) is 11.9. The third kappa shape index (κ3) is 5.17. The molecule has 0 aliphatic rings. The molecule has 0 aliphatic heterocycles. The Morgan fingerprint density at radius 3 is 2.10 bits per heavy atom. The molecular formula is C26H30N8O5. The lowest BCUT2D eigenvalue weighted by molar-refractivity contribution is 0.0696. The van der Waals surface area contributed by atoms with E-state index in [4.69, 9.17) is 26.9 Å². The molecule has 0 unspecified atom stereocenters. The summed E-state index contributed by atoms with van der Waals surface area (Å²) in [5, 5.41) is 35.2. The molecule has 4 rings (SSSR count). The summed E-state index contributed by atoms with van der Waals surface area (Å²) in [6.45, 7) is 10.1. The molecule has 0 spiro atoms. The first-order chi connectivity index (χ1) is 18.1. The van der Waals surface area contributed by atoms with Crippen molar-refractivity contribution < 1.29 is 19.8 Å². The highest BCUT2D eigenvalue weighted by Gasteiger charge is 2.25. The summed E-state index contributed by atoms with van der Waals surface area (Å²) in [6.07, 6.45) is 1.91. The van der Waals surface area contributed by atoms with Crippen LogP contribution in [0.1, 0.15) is 70.9 Å². The van der Waals surface area contributed by atoms with Crippen LogP contribution >= 0.6 is 0 Å². The summed E-state index contributed by atoms with van der Waals surface area (Å²) in [4.78, 5) is 34.3. The normalized spacial score (nSPS) is 11.1. The summed E-state index contributed by atoms with van der Waals surface area (Å²) in [7, 11) is 1.75. The van der Waals surface area contributed by atoms with Gasteiger partial charge < -0.3 is 21.7 Å². The van der Waals surface area contributed by atoms with E-state index >= 15 is 0 Å². The topological polar surface area (TPSA) is 208 Å². The average Bonchev–Trinajstić information content (AvgIpc) is 3.42. The van der Waals surface area contributed by atoms with Crippen LogP contribution in [0.2, 0.25) is 0 Å². The van der Waals surface area contributed by atoms with Crippen molar-refractivity contribution in [2.45, 2.75) is 46.5 Å². The second-order valence-corrected chi connectivity index (χ2v) is 9.88. The third-order valence-corrected chi connectivity index (χ3v) is 6.18. The quantitative estimate of drug-likeness (QED) is 0.301. The van der Waals surface area contributed by atoms with Gasteiger partial charge in [0.2, 0.25) is 0 Å². The minimum Gasteiger partial charge on any atom is -0.478 e. The number of aryl methyl sites for hydroxylation is 2. The number of anilines is 2. The van der Waals surface area contributed by atoms with Crippen molar-refractivity contribution >= 4 is 29.1 Å². The Kier molecular flexibility index (Phi) is 7.54. The van der Waals surface area contributed by atoms with Crippen LogP contribution < -0.4 is 17.0 Å². The zero-order chi connectivity index (χ0) is 29.4. The highest BCUT2D eigenvalue weighted by atomic mass is 16.4. The SMILES string of the molecule is CCc1c(C)n2nc(C(C)(C)C)c(N)c2n(C)c1=O.N#Cc1cnn(-c2cc(C(=O)O)cc(C(=O)O)c2)c1N. The number of aromatic carboxylic acids is 2. The molecule has 4 aromatic rings. The zero-order valence-electron chi connectivity index (χ0n) is 22.5. The Bertz CT molecular complexity index is 1680. The number of nitriles is 1. The first kappa shape index (κ1) is 28.5. The number of benzene rings is 1. The summed E-state index contributed by atoms with van der Waals surface area (Å²) in [5.74, 6) is -2.55. The number of hydrogen-bond donors (Lipinski definition) is 4. The lowest BCUT2D eigenvalue weighted by atomic mass is 9.91. The molecule has 0 fully saturated rings. The maximum Gasteiger partial charge on any atom is 0.335 e. The summed E-state index contributed by atoms with van der Waals surface area (Å²) in [6, 6.07) is 5.29. The van der Waals surface area contributed by atoms with Gasteiger partial charge in [-0.1, -0.05) is 27.7 Å². The van der Waals surface area contributed by atoms with Gasteiger partial charge in [0, 0.05) is 18.0 Å². The minimum absolute atomic E-state index is 0.00591. The van der Waals surface area contributed by atoms with Gasteiger partial charge in [-0.05, 0) is 31.5 Å². The number of nitrogens with zero attached hydrogens (tertiary/aromatic N) is 6. The highest BCUT2D eigenvalue weighted by molar-refractivity contribution is 5.94. The van der Waals surface area contributed by atoms with Crippen molar-refractivity contribution in [3.63, 3.8) is 0 Å². The van der Waals surface area contributed by atoms with Gasteiger partial charge in [-0.2, -0.15) is 15.5 Å². The highest BCUT2D eigenvalue weighted by Crippen LogP contribution is 2.30.